The monoisotopic (exact) mass is 462 g/mol. The van der Waals surface area contributed by atoms with E-state index in [1.54, 1.807) is 38.2 Å². The first-order chi connectivity index (χ1) is 16.3. The van der Waals surface area contributed by atoms with Crippen LogP contribution in [0.3, 0.4) is 0 Å². The SMILES string of the molecule is COc1cc(NC(=O)C(=O)NC(C)(C)CNC(=O)C2Cc3ccccc32)ccc1-c1cnco1. The molecule has 1 aromatic heterocycles. The molecule has 9 nitrogen and oxygen atoms in total. The van der Waals surface area contributed by atoms with Crippen molar-refractivity contribution in [3.63, 3.8) is 0 Å². The first-order valence-electron chi connectivity index (χ1n) is 10.8. The summed E-state index contributed by atoms with van der Waals surface area (Å²) in [6, 6.07) is 12.8. The number of carbonyl (C=O) groups is 3. The third-order valence-corrected chi connectivity index (χ3v) is 5.69. The number of amides is 3. The highest BCUT2D eigenvalue weighted by Gasteiger charge is 2.33. The molecule has 9 heteroatoms. The van der Waals surface area contributed by atoms with Crippen molar-refractivity contribution in [3.05, 3.63) is 66.2 Å². The maximum absolute atomic E-state index is 12.5. The summed E-state index contributed by atoms with van der Waals surface area (Å²) in [7, 11) is 1.49. The van der Waals surface area contributed by atoms with Gasteiger partial charge in [-0.05, 0) is 43.5 Å². The number of benzene rings is 2. The van der Waals surface area contributed by atoms with Crippen molar-refractivity contribution in [1.29, 1.82) is 0 Å². The molecule has 0 fully saturated rings. The van der Waals surface area contributed by atoms with Crippen LogP contribution in [0.15, 0.2) is 59.5 Å². The van der Waals surface area contributed by atoms with E-state index in [9.17, 15) is 14.4 Å². The van der Waals surface area contributed by atoms with E-state index in [-0.39, 0.29) is 18.4 Å². The summed E-state index contributed by atoms with van der Waals surface area (Å²) < 4.78 is 10.6. The van der Waals surface area contributed by atoms with Gasteiger partial charge >= 0.3 is 11.8 Å². The summed E-state index contributed by atoms with van der Waals surface area (Å²) in [6.45, 7) is 3.66. The van der Waals surface area contributed by atoms with Crippen molar-refractivity contribution < 1.29 is 23.5 Å². The quantitative estimate of drug-likeness (QED) is 0.464. The lowest BCUT2D eigenvalue weighted by Crippen LogP contribution is -2.54. The zero-order chi connectivity index (χ0) is 24.3. The second kappa shape index (κ2) is 9.38. The number of anilines is 1. The van der Waals surface area contributed by atoms with Crippen LogP contribution in [0.1, 0.15) is 30.9 Å². The van der Waals surface area contributed by atoms with Crippen LogP contribution in [-0.4, -0.2) is 41.9 Å². The van der Waals surface area contributed by atoms with Crippen molar-refractivity contribution in [2.45, 2.75) is 31.7 Å². The number of methoxy groups -OCH3 is 1. The minimum Gasteiger partial charge on any atom is -0.496 e. The van der Waals surface area contributed by atoms with Crippen LogP contribution in [0, 0.1) is 0 Å². The Kier molecular flexibility index (Phi) is 6.36. The van der Waals surface area contributed by atoms with Crippen LogP contribution in [0.2, 0.25) is 0 Å². The van der Waals surface area contributed by atoms with Gasteiger partial charge in [0.15, 0.2) is 12.2 Å². The molecule has 1 atom stereocenters. The van der Waals surface area contributed by atoms with Crippen LogP contribution in [0.5, 0.6) is 5.75 Å². The second-order valence-electron chi connectivity index (χ2n) is 8.75. The number of oxazole rings is 1. The van der Waals surface area contributed by atoms with Gasteiger partial charge in [-0.3, -0.25) is 14.4 Å². The summed E-state index contributed by atoms with van der Waals surface area (Å²) in [4.78, 5) is 41.4. The van der Waals surface area contributed by atoms with Crippen LogP contribution in [0.25, 0.3) is 11.3 Å². The Balaban J connectivity index is 1.31. The van der Waals surface area contributed by atoms with Crippen molar-refractivity contribution in [2.24, 2.45) is 0 Å². The molecular weight excluding hydrogens is 436 g/mol. The number of ether oxygens (including phenoxy) is 1. The minimum absolute atomic E-state index is 0.0931. The minimum atomic E-state index is -0.832. The molecule has 0 spiro atoms. The van der Waals surface area contributed by atoms with E-state index in [4.69, 9.17) is 9.15 Å². The van der Waals surface area contributed by atoms with Crippen LogP contribution < -0.4 is 20.7 Å². The Morgan fingerprint density at radius 1 is 1.15 bits per heavy atom. The average molecular weight is 463 g/mol. The maximum Gasteiger partial charge on any atom is 0.313 e. The number of aromatic nitrogens is 1. The highest BCUT2D eigenvalue weighted by atomic mass is 16.5. The van der Waals surface area contributed by atoms with Gasteiger partial charge in [0.25, 0.3) is 0 Å². The van der Waals surface area contributed by atoms with E-state index < -0.39 is 17.4 Å². The summed E-state index contributed by atoms with van der Waals surface area (Å²) in [6.07, 6.45) is 3.56. The van der Waals surface area contributed by atoms with Gasteiger partial charge in [0.2, 0.25) is 5.91 Å². The van der Waals surface area contributed by atoms with Crippen LogP contribution in [0.4, 0.5) is 5.69 Å². The lowest BCUT2D eigenvalue weighted by molar-refractivity contribution is -0.137. The van der Waals surface area contributed by atoms with E-state index in [1.807, 2.05) is 24.3 Å². The molecule has 2 aromatic carbocycles. The molecule has 176 valence electrons. The fraction of sp³-hybridized carbons (Fsp3) is 0.280. The van der Waals surface area contributed by atoms with Gasteiger partial charge in [0.1, 0.15) is 5.75 Å². The first-order valence-corrected chi connectivity index (χ1v) is 10.8. The number of hydrogen-bond donors (Lipinski definition) is 3. The zero-order valence-electron chi connectivity index (χ0n) is 19.2. The molecule has 0 radical (unpaired) electrons. The zero-order valence-corrected chi connectivity index (χ0v) is 19.2. The Morgan fingerprint density at radius 3 is 2.65 bits per heavy atom. The van der Waals surface area contributed by atoms with Gasteiger partial charge < -0.3 is 25.1 Å². The van der Waals surface area contributed by atoms with Gasteiger partial charge in [-0.25, -0.2) is 4.98 Å². The molecule has 34 heavy (non-hydrogen) atoms. The fourth-order valence-electron chi connectivity index (χ4n) is 3.84. The molecule has 0 saturated heterocycles. The molecule has 1 unspecified atom stereocenters. The van der Waals surface area contributed by atoms with Crippen LogP contribution in [-0.2, 0) is 20.8 Å². The number of nitrogens with one attached hydrogen (secondary N) is 3. The highest BCUT2D eigenvalue weighted by Crippen LogP contribution is 2.35. The third kappa shape index (κ3) is 4.93. The van der Waals surface area contributed by atoms with Crippen LogP contribution >= 0.6 is 0 Å². The summed E-state index contributed by atoms with van der Waals surface area (Å²) >= 11 is 0. The van der Waals surface area contributed by atoms with E-state index >= 15 is 0 Å². The standard InChI is InChI=1S/C25H26N4O5/c1-25(2,13-27-22(30)19-10-15-6-4-5-7-17(15)19)29-24(32)23(31)28-16-8-9-18(20(11-16)33-3)21-12-26-14-34-21/h4-9,11-12,14,19H,10,13H2,1-3H3,(H,27,30)(H,28,31)(H,29,32). The van der Waals surface area contributed by atoms with E-state index in [0.29, 0.717) is 29.2 Å². The molecular formula is C25H26N4O5. The molecule has 1 aliphatic carbocycles. The highest BCUT2D eigenvalue weighted by molar-refractivity contribution is 6.39. The lowest BCUT2D eigenvalue weighted by atomic mass is 9.77. The van der Waals surface area contributed by atoms with E-state index in [0.717, 1.165) is 5.56 Å². The van der Waals surface area contributed by atoms with E-state index in [2.05, 4.69) is 20.9 Å². The molecule has 0 bridgehead atoms. The smallest absolute Gasteiger partial charge is 0.313 e. The Bertz CT molecular complexity index is 1220. The number of rotatable bonds is 7. The summed E-state index contributed by atoms with van der Waals surface area (Å²) in [5, 5.41) is 8.11. The fourth-order valence-corrected chi connectivity index (χ4v) is 3.84. The number of fused-ring (bicyclic) bond motifs is 1. The second-order valence-corrected chi connectivity index (χ2v) is 8.75. The predicted molar refractivity (Wildman–Crippen MR) is 125 cm³/mol. The predicted octanol–water partition coefficient (Wildman–Crippen LogP) is 2.64. The van der Waals surface area contributed by atoms with Gasteiger partial charge in [-0.2, -0.15) is 0 Å². The normalized spacial score (nSPS) is 14.4. The number of carbonyl (C=O) groups excluding carboxylic acids is 3. The van der Waals surface area contributed by atoms with Gasteiger partial charge in [0, 0.05) is 18.3 Å². The summed E-state index contributed by atoms with van der Waals surface area (Å²) in [5.41, 5.74) is 2.42. The molecule has 3 amide bonds. The Hall–Kier alpha value is -4.14. The summed E-state index contributed by atoms with van der Waals surface area (Å²) in [5.74, 6) is -0.948. The van der Waals surface area contributed by atoms with Crippen molar-refractivity contribution in [2.75, 3.05) is 19.0 Å². The van der Waals surface area contributed by atoms with Gasteiger partial charge in [-0.15, -0.1) is 0 Å². The number of nitrogens with zero attached hydrogens (tertiary/aromatic N) is 1. The van der Waals surface area contributed by atoms with Crippen molar-refractivity contribution >= 4 is 23.4 Å². The maximum atomic E-state index is 12.5. The Morgan fingerprint density at radius 2 is 1.94 bits per heavy atom. The molecule has 0 aliphatic heterocycles. The number of hydrogen-bond acceptors (Lipinski definition) is 6. The third-order valence-electron chi connectivity index (χ3n) is 5.69. The first kappa shape index (κ1) is 23.0. The average Bonchev–Trinajstić information content (AvgIpc) is 3.33. The van der Waals surface area contributed by atoms with E-state index in [1.165, 1.54) is 19.1 Å². The Labute approximate surface area is 196 Å². The molecule has 3 N–H and O–H groups in total. The lowest BCUT2D eigenvalue weighted by Gasteiger charge is -2.31. The topological polar surface area (TPSA) is 123 Å². The van der Waals surface area contributed by atoms with Crippen molar-refractivity contribution in [1.82, 2.24) is 15.6 Å². The molecule has 0 saturated carbocycles. The van der Waals surface area contributed by atoms with Gasteiger partial charge in [0.05, 0.1) is 30.3 Å². The largest absolute Gasteiger partial charge is 0.496 e. The van der Waals surface area contributed by atoms with Gasteiger partial charge in [-0.1, -0.05) is 24.3 Å². The molecule has 4 rings (SSSR count). The molecule has 1 heterocycles. The molecule has 1 aliphatic rings. The molecule has 3 aromatic rings. The van der Waals surface area contributed by atoms with Crippen molar-refractivity contribution in [3.8, 4) is 17.1 Å².